The van der Waals surface area contributed by atoms with Crippen molar-refractivity contribution in [2.75, 3.05) is 19.0 Å². The highest BCUT2D eigenvalue weighted by Crippen LogP contribution is 2.35. The van der Waals surface area contributed by atoms with Crippen molar-refractivity contribution in [3.63, 3.8) is 0 Å². The van der Waals surface area contributed by atoms with E-state index in [2.05, 4.69) is 10.1 Å². The summed E-state index contributed by atoms with van der Waals surface area (Å²) in [7, 11) is 3.82. The molecule has 0 saturated carbocycles. The fourth-order valence-electron chi connectivity index (χ4n) is 3.56. The molecule has 0 unspecified atom stereocenters. The average Bonchev–Trinajstić information content (AvgIpc) is 3.09. The molecule has 0 radical (unpaired) electrons. The number of nitrogens with zero attached hydrogens (tertiary/aromatic N) is 4. The predicted octanol–water partition coefficient (Wildman–Crippen LogP) is 5.18. The van der Waals surface area contributed by atoms with Gasteiger partial charge in [-0.1, -0.05) is 18.2 Å². The molecule has 4 aromatic rings. The molecule has 1 N–H and O–H groups in total. The highest BCUT2D eigenvalue weighted by molar-refractivity contribution is 6.00. The topological polar surface area (TPSA) is 71.2 Å². The van der Waals surface area contributed by atoms with Gasteiger partial charge in [0.15, 0.2) is 11.3 Å². The van der Waals surface area contributed by atoms with E-state index in [-0.39, 0.29) is 17.0 Å². The second-order valence-corrected chi connectivity index (χ2v) is 7.55. The number of fused-ring (bicyclic) bond motifs is 1. The molecule has 32 heavy (non-hydrogen) atoms. The van der Waals surface area contributed by atoms with Crippen molar-refractivity contribution >= 4 is 22.7 Å². The molecule has 2 heterocycles. The highest BCUT2D eigenvalue weighted by atomic mass is 19.4. The van der Waals surface area contributed by atoms with Gasteiger partial charge in [-0.25, -0.2) is 14.5 Å². The first-order chi connectivity index (χ1) is 15.1. The van der Waals surface area contributed by atoms with Crippen LogP contribution in [0.1, 0.15) is 21.7 Å². The van der Waals surface area contributed by atoms with Gasteiger partial charge in [0.1, 0.15) is 0 Å². The first-order valence-corrected chi connectivity index (χ1v) is 9.65. The molecular weight excluding hydrogens is 421 g/mol. The van der Waals surface area contributed by atoms with Gasteiger partial charge in [-0.3, -0.25) is 0 Å². The third kappa shape index (κ3) is 3.77. The SMILES string of the molecule is Cc1nn(-c2cccc(C(F)(F)F)c2)c2nc(C(=O)O)cc(-c3ccc(N(C)C)cc3)c12. The molecule has 2 aromatic heterocycles. The molecule has 9 heteroatoms. The average molecular weight is 440 g/mol. The Morgan fingerprint density at radius 2 is 1.75 bits per heavy atom. The number of benzene rings is 2. The van der Waals surface area contributed by atoms with Crippen LogP contribution in [-0.2, 0) is 6.18 Å². The maximum Gasteiger partial charge on any atom is 0.416 e. The molecule has 0 aliphatic heterocycles. The summed E-state index contributed by atoms with van der Waals surface area (Å²) < 4.78 is 40.9. The minimum atomic E-state index is -4.52. The second kappa shape index (κ2) is 7.67. The van der Waals surface area contributed by atoms with Crippen molar-refractivity contribution in [2.24, 2.45) is 0 Å². The Bertz CT molecular complexity index is 1330. The zero-order valence-electron chi connectivity index (χ0n) is 17.5. The number of hydrogen-bond donors (Lipinski definition) is 1. The summed E-state index contributed by atoms with van der Waals surface area (Å²) in [6.45, 7) is 1.71. The minimum Gasteiger partial charge on any atom is -0.477 e. The zero-order valence-corrected chi connectivity index (χ0v) is 17.5. The van der Waals surface area contributed by atoms with E-state index in [4.69, 9.17) is 0 Å². The minimum absolute atomic E-state index is 0.141. The lowest BCUT2D eigenvalue weighted by atomic mass is 10.0. The van der Waals surface area contributed by atoms with Gasteiger partial charge in [-0.05, 0) is 54.4 Å². The van der Waals surface area contributed by atoms with Crippen LogP contribution >= 0.6 is 0 Å². The number of halogens is 3. The first kappa shape index (κ1) is 21.4. The summed E-state index contributed by atoms with van der Waals surface area (Å²) in [4.78, 5) is 17.9. The molecule has 0 saturated heterocycles. The van der Waals surface area contributed by atoms with E-state index in [0.29, 0.717) is 16.6 Å². The van der Waals surface area contributed by atoms with E-state index in [0.717, 1.165) is 23.4 Å². The van der Waals surface area contributed by atoms with E-state index in [1.807, 2.05) is 43.3 Å². The Balaban J connectivity index is 1.98. The fraction of sp³-hybridized carbons (Fsp3) is 0.174. The molecule has 0 atom stereocenters. The third-order valence-corrected chi connectivity index (χ3v) is 5.14. The summed E-state index contributed by atoms with van der Waals surface area (Å²) in [5.41, 5.74) is 2.09. The van der Waals surface area contributed by atoms with E-state index in [1.54, 1.807) is 6.92 Å². The number of carboxylic acid groups (broad SMARTS) is 1. The summed E-state index contributed by atoms with van der Waals surface area (Å²) >= 11 is 0. The number of anilines is 1. The number of pyridine rings is 1. The lowest BCUT2D eigenvalue weighted by molar-refractivity contribution is -0.137. The maximum absolute atomic E-state index is 13.2. The Hall–Kier alpha value is -3.88. The standard InChI is InChI=1S/C23H19F3N4O2/c1-13-20-18(14-7-9-16(10-8-14)29(2)3)12-19(22(31)32)27-21(20)30(28-13)17-6-4-5-15(11-17)23(24,25)26/h4-12H,1-3H3,(H,31,32). The van der Waals surface area contributed by atoms with Crippen molar-refractivity contribution in [1.82, 2.24) is 14.8 Å². The Morgan fingerprint density at radius 1 is 1.06 bits per heavy atom. The number of aryl methyl sites for hydroxylation is 1. The van der Waals surface area contributed by atoms with Crippen LogP contribution in [0.25, 0.3) is 27.8 Å². The van der Waals surface area contributed by atoms with Crippen LogP contribution in [0.5, 0.6) is 0 Å². The normalized spacial score (nSPS) is 11.7. The summed E-state index contributed by atoms with van der Waals surface area (Å²) in [6.07, 6.45) is -4.52. The van der Waals surface area contributed by atoms with Gasteiger partial charge in [0.25, 0.3) is 0 Å². The van der Waals surface area contributed by atoms with Crippen molar-refractivity contribution in [3.8, 4) is 16.8 Å². The van der Waals surface area contributed by atoms with Gasteiger partial charge in [0, 0.05) is 19.8 Å². The second-order valence-electron chi connectivity index (χ2n) is 7.55. The number of aromatic nitrogens is 3. The predicted molar refractivity (Wildman–Crippen MR) is 115 cm³/mol. The van der Waals surface area contributed by atoms with Crippen LogP contribution < -0.4 is 4.90 Å². The summed E-state index contributed by atoms with van der Waals surface area (Å²) in [6, 6.07) is 13.7. The van der Waals surface area contributed by atoms with Gasteiger partial charge in [-0.15, -0.1) is 0 Å². The van der Waals surface area contributed by atoms with Gasteiger partial charge < -0.3 is 10.0 Å². The van der Waals surface area contributed by atoms with Crippen LogP contribution in [0.3, 0.4) is 0 Å². The Labute approximate surface area is 181 Å². The van der Waals surface area contributed by atoms with Gasteiger partial charge in [0.05, 0.1) is 22.3 Å². The molecule has 0 fully saturated rings. The quantitative estimate of drug-likeness (QED) is 0.474. The number of carboxylic acids is 1. The van der Waals surface area contributed by atoms with Crippen molar-refractivity contribution in [1.29, 1.82) is 0 Å². The van der Waals surface area contributed by atoms with Crippen LogP contribution in [-0.4, -0.2) is 39.9 Å². The molecule has 0 amide bonds. The Morgan fingerprint density at radius 3 is 2.34 bits per heavy atom. The van der Waals surface area contributed by atoms with E-state index >= 15 is 0 Å². The van der Waals surface area contributed by atoms with E-state index in [9.17, 15) is 23.1 Å². The molecular formula is C23H19F3N4O2. The summed E-state index contributed by atoms with van der Waals surface area (Å²) in [5, 5.41) is 14.6. The number of hydrogen-bond acceptors (Lipinski definition) is 4. The van der Waals surface area contributed by atoms with Crippen LogP contribution in [0, 0.1) is 6.92 Å². The molecule has 0 aliphatic rings. The molecule has 2 aromatic carbocycles. The highest BCUT2D eigenvalue weighted by Gasteiger charge is 2.31. The van der Waals surface area contributed by atoms with E-state index in [1.165, 1.54) is 22.9 Å². The number of carbonyl (C=O) groups is 1. The number of alkyl halides is 3. The molecule has 4 rings (SSSR count). The third-order valence-electron chi connectivity index (χ3n) is 5.14. The fourth-order valence-corrected chi connectivity index (χ4v) is 3.56. The van der Waals surface area contributed by atoms with Gasteiger partial charge in [0.2, 0.25) is 0 Å². The maximum atomic E-state index is 13.2. The smallest absolute Gasteiger partial charge is 0.416 e. The van der Waals surface area contributed by atoms with Crippen molar-refractivity contribution < 1.29 is 23.1 Å². The Kier molecular flexibility index (Phi) is 5.12. The molecule has 0 bridgehead atoms. The van der Waals surface area contributed by atoms with E-state index < -0.39 is 17.7 Å². The monoisotopic (exact) mass is 440 g/mol. The molecule has 0 aliphatic carbocycles. The lowest BCUT2D eigenvalue weighted by Crippen LogP contribution is -2.08. The van der Waals surface area contributed by atoms with Crippen LogP contribution in [0.4, 0.5) is 18.9 Å². The summed E-state index contributed by atoms with van der Waals surface area (Å²) in [5.74, 6) is -1.24. The number of rotatable bonds is 4. The van der Waals surface area contributed by atoms with Crippen LogP contribution in [0.15, 0.2) is 54.6 Å². The molecule has 0 spiro atoms. The number of aromatic carboxylic acids is 1. The molecule has 164 valence electrons. The van der Waals surface area contributed by atoms with Crippen molar-refractivity contribution in [3.05, 3.63) is 71.5 Å². The lowest BCUT2D eigenvalue weighted by Gasteiger charge is -2.13. The van der Waals surface area contributed by atoms with Crippen molar-refractivity contribution in [2.45, 2.75) is 13.1 Å². The van der Waals surface area contributed by atoms with Gasteiger partial charge in [-0.2, -0.15) is 18.3 Å². The van der Waals surface area contributed by atoms with Crippen LogP contribution in [0.2, 0.25) is 0 Å². The van der Waals surface area contributed by atoms with Gasteiger partial charge >= 0.3 is 12.1 Å². The first-order valence-electron chi connectivity index (χ1n) is 9.65. The molecule has 6 nitrogen and oxygen atoms in total. The zero-order chi connectivity index (χ0) is 23.2. The largest absolute Gasteiger partial charge is 0.477 e.